The number of nitrogens with one attached hydrogen (secondary N) is 2. The van der Waals surface area contributed by atoms with E-state index in [4.69, 9.17) is 4.74 Å². The molecule has 1 aromatic carbocycles. The van der Waals surface area contributed by atoms with Gasteiger partial charge in [-0.05, 0) is 12.1 Å². The van der Waals surface area contributed by atoms with Crippen LogP contribution in [0.3, 0.4) is 0 Å². The van der Waals surface area contributed by atoms with E-state index in [1.54, 1.807) is 5.38 Å². The van der Waals surface area contributed by atoms with Crippen LogP contribution in [-0.2, 0) is 9.53 Å². The lowest BCUT2D eigenvalue weighted by Gasteiger charge is -2.25. The van der Waals surface area contributed by atoms with Gasteiger partial charge in [0.2, 0.25) is 5.91 Å². The highest BCUT2D eigenvalue weighted by molar-refractivity contribution is 8.00. The number of hydrogen-bond donors (Lipinski definition) is 2. The highest BCUT2D eigenvalue weighted by atomic mass is 32.2. The van der Waals surface area contributed by atoms with Crippen molar-refractivity contribution >= 4 is 40.0 Å². The van der Waals surface area contributed by atoms with Crippen molar-refractivity contribution in [2.75, 3.05) is 37.0 Å². The number of hydrogen-bond acceptors (Lipinski definition) is 7. The normalized spacial score (nSPS) is 14.2. The molecule has 1 saturated heterocycles. The highest BCUT2D eigenvalue weighted by Crippen LogP contribution is 2.21. The van der Waals surface area contributed by atoms with E-state index < -0.39 is 5.91 Å². The van der Waals surface area contributed by atoms with Crippen LogP contribution in [0.2, 0.25) is 0 Å². The number of carbonyl (C=O) groups is 2. The van der Waals surface area contributed by atoms with Crippen molar-refractivity contribution in [3.05, 3.63) is 41.4 Å². The molecule has 7 nitrogen and oxygen atoms in total. The fourth-order valence-corrected chi connectivity index (χ4v) is 3.74. The largest absolute Gasteiger partial charge is 0.378 e. The summed E-state index contributed by atoms with van der Waals surface area (Å²) in [4.78, 5) is 31.3. The van der Waals surface area contributed by atoms with E-state index in [2.05, 4.69) is 20.7 Å². The second-order valence-corrected chi connectivity index (χ2v) is 7.10. The van der Waals surface area contributed by atoms with Gasteiger partial charge in [0, 0.05) is 23.4 Å². The minimum Gasteiger partial charge on any atom is -0.378 e. The SMILES string of the molecule is O=C(CSc1ccccc1)NNC(=O)c1csc(N2CCOCC2)n1. The predicted octanol–water partition coefficient (Wildman–Crippen LogP) is 1.53. The van der Waals surface area contributed by atoms with E-state index in [-0.39, 0.29) is 11.7 Å². The molecule has 0 bridgehead atoms. The van der Waals surface area contributed by atoms with Crippen LogP contribution < -0.4 is 15.8 Å². The standard InChI is InChI=1S/C16H18N4O3S2/c21-14(11-24-12-4-2-1-3-5-12)18-19-15(22)13-10-25-16(17-13)20-6-8-23-9-7-20/h1-5,10H,6-9,11H2,(H,18,21)(H,19,22). The lowest BCUT2D eigenvalue weighted by Crippen LogP contribution is -2.42. The molecule has 0 saturated carbocycles. The summed E-state index contributed by atoms with van der Waals surface area (Å²) in [5, 5.41) is 2.48. The second kappa shape index (κ2) is 8.84. The summed E-state index contributed by atoms with van der Waals surface area (Å²) in [7, 11) is 0. The van der Waals surface area contributed by atoms with E-state index in [1.165, 1.54) is 23.1 Å². The molecule has 9 heteroatoms. The van der Waals surface area contributed by atoms with Gasteiger partial charge in [-0.3, -0.25) is 20.4 Å². The van der Waals surface area contributed by atoms with Gasteiger partial charge in [-0.2, -0.15) is 0 Å². The molecule has 2 amide bonds. The molecule has 132 valence electrons. The number of benzene rings is 1. The van der Waals surface area contributed by atoms with Crippen LogP contribution in [0, 0.1) is 0 Å². The van der Waals surface area contributed by atoms with Gasteiger partial charge in [0.15, 0.2) is 5.13 Å². The van der Waals surface area contributed by atoms with Crippen LogP contribution in [0.25, 0.3) is 0 Å². The molecule has 0 unspecified atom stereocenters. The molecule has 2 heterocycles. The summed E-state index contributed by atoms with van der Waals surface area (Å²) in [6.07, 6.45) is 0. The number of hydrazine groups is 1. The van der Waals surface area contributed by atoms with Crippen LogP contribution in [0.4, 0.5) is 5.13 Å². The van der Waals surface area contributed by atoms with E-state index >= 15 is 0 Å². The maximum Gasteiger partial charge on any atom is 0.289 e. The molecule has 1 aliphatic rings. The Labute approximate surface area is 153 Å². The van der Waals surface area contributed by atoms with Crippen molar-refractivity contribution in [3.8, 4) is 0 Å². The second-order valence-electron chi connectivity index (χ2n) is 5.22. The topological polar surface area (TPSA) is 83.6 Å². The molecule has 25 heavy (non-hydrogen) atoms. The van der Waals surface area contributed by atoms with Crippen LogP contribution in [-0.4, -0.2) is 48.9 Å². The number of ether oxygens (including phenoxy) is 1. The zero-order valence-electron chi connectivity index (χ0n) is 13.4. The first-order chi connectivity index (χ1) is 12.2. The average Bonchev–Trinajstić information content (AvgIpc) is 3.16. The molecule has 1 fully saturated rings. The molecule has 0 radical (unpaired) electrons. The van der Waals surface area contributed by atoms with E-state index in [0.717, 1.165) is 23.1 Å². The Morgan fingerprint density at radius 2 is 1.96 bits per heavy atom. The third-order valence-electron chi connectivity index (χ3n) is 3.43. The van der Waals surface area contributed by atoms with Gasteiger partial charge in [-0.25, -0.2) is 4.98 Å². The smallest absolute Gasteiger partial charge is 0.289 e. The van der Waals surface area contributed by atoms with Gasteiger partial charge in [-0.15, -0.1) is 23.1 Å². The highest BCUT2D eigenvalue weighted by Gasteiger charge is 2.17. The minimum absolute atomic E-state index is 0.223. The number of rotatable bonds is 5. The number of nitrogens with zero attached hydrogens (tertiary/aromatic N) is 2. The summed E-state index contributed by atoms with van der Waals surface area (Å²) in [6, 6.07) is 9.61. The maximum atomic E-state index is 12.1. The Bertz CT molecular complexity index is 717. The van der Waals surface area contributed by atoms with Crippen molar-refractivity contribution in [1.82, 2.24) is 15.8 Å². The molecule has 1 aliphatic heterocycles. The Balaban J connectivity index is 1.44. The van der Waals surface area contributed by atoms with Crippen LogP contribution in [0.5, 0.6) is 0 Å². The molecule has 1 aromatic heterocycles. The Morgan fingerprint density at radius 1 is 1.20 bits per heavy atom. The fraction of sp³-hybridized carbons (Fsp3) is 0.312. The molecule has 2 aromatic rings. The van der Waals surface area contributed by atoms with E-state index in [9.17, 15) is 9.59 Å². The predicted molar refractivity (Wildman–Crippen MR) is 97.9 cm³/mol. The van der Waals surface area contributed by atoms with Crippen molar-refractivity contribution < 1.29 is 14.3 Å². The summed E-state index contributed by atoms with van der Waals surface area (Å²) in [5.74, 6) is -0.472. The van der Waals surface area contributed by atoms with Crippen molar-refractivity contribution in [1.29, 1.82) is 0 Å². The van der Waals surface area contributed by atoms with Crippen molar-refractivity contribution in [2.24, 2.45) is 0 Å². The van der Waals surface area contributed by atoms with E-state index in [0.29, 0.717) is 18.9 Å². The van der Waals surface area contributed by atoms with Crippen LogP contribution >= 0.6 is 23.1 Å². The number of morpholine rings is 1. The number of thioether (sulfide) groups is 1. The minimum atomic E-state index is -0.422. The fourth-order valence-electron chi connectivity index (χ4n) is 2.16. The number of carbonyl (C=O) groups excluding carboxylic acids is 2. The number of aromatic nitrogens is 1. The molecule has 3 rings (SSSR count). The summed E-state index contributed by atoms with van der Waals surface area (Å²) >= 11 is 2.81. The summed E-state index contributed by atoms with van der Waals surface area (Å²) in [6.45, 7) is 2.86. The first-order valence-corrected chi connectivity index (χ1v) is 9.64. The van der Waals surface area contributed by atoms with Gasteiger partial charge in [0.05, 0.1) is 19.0 Å². The first kappa shape index (κ1) is 17.7. The third-order valence-corrected chi connectivity index (χ3v) is 5.35. The van der Waals surface area contributed by atoms with Crippen molar-refractivity contribution in [2.45, 2.75) is 4.90 Å². The Kier molecular flexibility index (Phi) is 6.26. The summed E-state index contributed by atoms with van der Waals surface area (Å²) in [5.41, 5.74) is 5.11. The average molecular weight is 378 g/mol. The maximum absolute atomic E-state index is 12.1. The number of anilines is 1. The molecular formula is C16H18N4O3S2. The molecule has 0 atom stereocenters. The lowest BCUT2D eigenvalue weighted by atomic mass is 10.4. The quantitative estimate of drug-likeness (QED) is 0.607. The van der Waals surface area contributed by atoms with Gasteiger partial charge >= 0.3 is 0 Å². The van der Waals surface area contributed by atoms with Gasteiger partial charge in [0.25, 0.3) is 5.91 Å². The number of thiazole rings is 1. The Morgan fingerprint density at radius 3 is 2.72 bits per heavy atom. The summed E-state index contributed by atoms with van der Waals surface area (Å²) < 4.78 is 5.30. The van der Waals surface area contributed by atoms with Crippen LogP contribution in [0.1, 0.15) is 10.5 Å². The van der Waals surface area contributed by atoms with Gasteiger partial charge < -0.3 is 9.64 Å². The first-order valence-electron chi connectivity index (χ1n) is 7.77. The number of amides is 2. The lowest BCUT2D eigenvalue weighted by molar-refractivity contribution is -0.119. The van der Waals surface area contributed by atoms with Gasteiger partial charge in [0.1, 0.15) is 5.69 Å². The van der Waals surface area contributed by atoms with E-state index in [1.807, 2.05) is 30.3 Å². The molecule has 0 spiro atoms. The monoisotopic (exact) mass is 378 g/mol. The van der Waals surface area contributed by atoms with Crippen LogP contribution in [0.15, 0.2) is 40.6 Å². The Hall–Kier alpha value is -2.10. The zero-order chi connectivity index (χ0) is 17.5. The third kappa shape index (κ3) is 5.18. The zero-order valence-corrected chi connectivity index (χ0v) is 15.1. The van der Waals surface area contributed by atoms with Gasteiger partial charge in [-0.1, -0.05) is 18.2 Å². The molecule has 0 aliphatic carbocycles. The molecular weight excluding hydrogens is 360 g/mol. The molecule has 2 N–H and O–H groups in total. The van der Waals surface area contributed by atoms with Crippen molar-refractivity contribution in [3.63, 3.8) is 0 Å².